The molecular weight excluding hydrogens is 590 g/mol. The lowest BCUT2D eigenvalue weighted by atomic mass is 9.74. The molecular formula is C39H43N3O5. The number of amides is 1. The number of ether oxygens (including phenoxy) is 2. The van der Waals surface area contributed by atoms with Gasteiger partial charge in [-0.15, -0.1) is 0 Å². The number of nitrogens with zero attached hydrogens (tertiary/aromatic N) is 1. The number of rotatable bonds is 9. The van der Waals surface area contributed by atoms with Gasteiger partial charge in [0, 0.05) is 17.7 Å². The van der Waals surface area contributed by atoms with Crippen LogP contribution in [0.25, 0.3) is 0 Å². The number of nitrogens with one attached hydrogen (secondary N) is 2. The van der Waals surface area contributed by atoms with Crippen LogP contribution in [0.15, 0.2) is 115 Å². The first-order chi connectivity index (χ1) is 22.5. The Morgan fingerprint density at radius 1 is 0.851 bits per heavy atom. The normalized spacial score (nSPS) is 22.0. The molecule has 0 bridgehead atoms. The molecule has 0 spiro atoms. The number of likely N-dealkylation sites (tertiary alicyclic amines) is 1. The molecule has 4 aromatic carbocycles. The third-order valence-electron chi connectivity index (χ3n) is 9.28. The van der Waals surface area contributed by atoms with Crippen molar-refractivity contribution in [2.75, 3.05) is 12.4 Å². The average molecular weight is 634 g/mol. The molecule has 0 saturated carbocycles. The predicted octanol–water partition coefficient (Wildman–Crippen LogP) is 5.55. The minimum absolute atomic E-state index is 0.0736. The van der Waals surface area contributed by atoms with Crippen LogP contribution in [0.3, 0.4) is 0 Å². The summed E-state index contributed by atoms with van der Waals surface area (Å²) in [6, 6.07) is 35.9. The van der Waals surface area contributed by atoms with Crippen molar-refractivity contribution >= 4 is 17.6 Å². The van der Waals surface area contributed by atoms with Crippen molar-refractivity contribution in [1.29, 1.82) is 0 Å². The first-order valence-corrected chi connectivity index (χ1v) is 16.1. The number of benzene rings is 4. The second kappa shape index (κ2) is 12.6. The van der Waals surface area contributed by atoms with E-state index in [1.807, 2.05) is 99.6 Å². The molecule has 4 aromatic rings. The van der Waals surface area contributed by atoms with Gasteiger partial charge in [0.2, 0.25) is 5.91 Å². The maximum Gasteiger partial charge on any atom is 0.331 e. The van der Waals surface area contributed by atoms with Crippen LogP contribution in [0.2, 0.25) is 0 Å². The molecule has 2 heterocycles. The summed E-state index contributed by atoms with van der Waals surface area (Å²) in [5.41, 5.74) is 1.25. The van der Waals surface area contributed by atoms with Crippen molar-refractivity contribution in [1.82, 2.24) is 10.2 Å². The van der Waals surface area contributed by atoms with Gasteiger partial charge >= 0.3 is 5.97 Å². The van der Waals surface area contributed by atoms with Gasteiger partial charge < -0.3 is 25.2 Å². The maximum atomic E-state index is 14.8. The van der Waals surface area contributed by atoms with E-state index < -0.39 is 53.0 Å². The molecule has 47 heavy (non-hydrogen) atoms. The number of esters is 1. The van der Waals surface area contributed by atoms with Crippen LogP contribution in [0, 0.1) is 0 Å². The fourth-order valence-corrected chi connectivity index (χ4v) is 7.50. The van der Waals surface area contributed by atoms with E-state index in [0.29, 0.717) is 0 Å². The number of anilines is 1. The maximum absolute atomic E-state index is 14.8. The number of aliphatic hydroxyl groups is 1. The highest BCUT2D eigenvalue weighted by molar-refractivity contribution is 5.89. The molecule has 1 fully saturated rings. The Morgan fingerprint density at radius 2 is 1.34 bits per heavy atom. The van der Waals surface area contributed by atoms with E-state index in [1.165, 1.54) is 7.11 Å². The summed E-state index contributed by atoms with van der Waals surface area (Å²) in [5.74, 6) is -1.03. The van der Waals surface area contributed by atoms with Gasteiger partial charge in [0.15, 0.2) is 6.04 Å². The van der Waals surface area contributed by atoms with E-state index in [0.717, 1.165) is 27.9 Å². The molecule has 1 saturated heterocycles. The van der Waals surface area contributed by atoms with Crippen molar-refractivity contribution in [3.8, 4) is 0 Å². The summed E-state index contributed by atoms with van der Waals surface area (Å²) < 4.78 is 11.3. The Balaban J connectivity index is 1.58. The van der Waals surface area contributed by atoms with Crippen LogP contribution in [-0.2, 0) is 30.2 Å². The molecule has 0 aromatic heterocycles. The summed E-state index contributed by atoms with van der Waals surface area (Å²) in [5, 5.41) is 19.3. The highest BCUT2D eigenvalue weighted by Crippen LogP contribution is 2.56. The highest BCUT2D eigenvalue weighted by Gasteiger charge is 2.64. The minimum atomic E-state index is -1.43. The Bertz CT molecular complexity index is 1610. The van der Waals surface area contributed by atoms with E-state index in [4.69, 9.17) is 9.47 Å². The predicted molar refractivity (Wildman–Crippen MR) is 181 cm³/mol. The van der Waals surface area contributed by atoms with Crippen molar-refractivity contribution in [2.24, 2.45) is 0 Å². The fraction of sp³-hybridized carbons (Fsp3) is 0.333. The second-order valence-corrected chi connectivity index (χ2v) is 13.4. The molecule has 5 atom stereocenters. The Labute approximate surface area is 276 Å². The first-order valence-electron chi connectivity index (χ1n) is 16.1. The molecule has 0 radical (unpaired) electrons. The summed E-state index contributed by atoms with van der Waals surface area (Å²) in [4.78, 5) is 30.1. The van der Waals surface area contributed by atoms with E-state index in [1.54, 1.807) is 6.92 Å². The number of para-hydroxylation sites is 1. The summed E-state index contributed by atoms with van der Waals surface area (Å²) >= 11 is 0. The summed E-state index contributed by atoms with van der Waals surface area (Å²) in [7, 11) is 1.30. The molecule has 8 nitrogen and oxygen atoms in total. The summed E-state index contributed by atoms with van der Waals surface area (Å²) in [6.07, 6.45) is -1.33. The van der Waals surface area contributed by atoms with Gasteiger partial charge in [-0.25, -0.2) is 4.79 Å². The van der Waals surface area contributed by atoms with Gasteiger partial charge in [-0.2, -0.15) is 0 Å². The van der Waals surface area contributed by atoms with Gasteiger partial charge in [-0.1, -0.05) is 109 Å². The topological polar surface area (TPSA) is 100 Å². The SMILES string of the molecule is COC(=O)[C@@H](NC(=O)[C@@H]1C[C@]2(O)c3ccccc3N[C@@H]2N1C(c1ccccc1)(c1ccccc1)c1ccccc1)[C@@H](C)OC(C)(C)C. The first kappa shape index (κ1) is 32.4. The van der Waals surface area contributed by atoms with Crippen molar-refractivity contribution < 1.29 is 24.2 Å². The summed E-state index contributed by atoms with van der Waals surface area (Å²) in [6.45, 7) is 7.44. The molecule has 244 valence electrons. The molecule has 0 unspecified atom stereocenters. The van der Waals surface area contributed by atoms with Gasteiger partial charge in [0.25, 0.3) is 0 Å². The molecule has 0 aliphatic carbocycles. The monoisotopic (exact) mass is 633 g/mol. The lowest BCUT2D eigenvalue weighted by Gasteiger charge is -2.49. The third kappa shape index (κ3) is 5.71. The lowest BCUT2D eigenvalue weighted by molar-refractivity contribution is -0.154. The number of hydrogen-bond donors (Lipinski definition) is 3. The minimum Gasteiger partial charge on any atom is -0.467 e. The van der Waals surface area contributed by atoms with E-state index in [-0.39, 0.29) is 6.42 Å². The van der Waals surface area contributed by atoms with E-state index in [2.05, 4.69) is 51.9 Å². The number of carbonyl (C=O) groups is 2. The number of fused-ring (bicyclic) bond motifs is 3. The zero-order valence-corrected chi connectivity index (χ0v) is 27.5. The standard InChI is InChI=1S/C39H43N3O5/c1-26(47-37(2,3)4)33(35(44)46-5)41-34(43)32-25-38(45)30-23-15-16-24-31(30)40-36(38)42(32)39(27-17-9-6-10-18-27,28-19-11-7-12-20-28)29-21-13-8-14-22-29/h6-24,26,32-33,36,40,45H,25H2,1-5H3,(H,41,43)/t26-,32+,33+,36-,38+/m1/s1. The third-order valence-corrected chi connectivity index (χ3v) is 9.28. The van der Waals surface area contributed by atoms with E-state index >= 15 is 0 Å². The van der Waals surface area contributed by atoms with Gasteiger partial charge in [0.1, 0.15) is 11.8 Å². The van der Waals surface area contributed by atoms with Crippen LogP contribution in [0.1, 0.15) is 56.4 Å². The quantitative estimate of drug-likeness (QED) is 0.164. The zero-order chi connectivity index (χ0) is 33.4. The second-order valence-electron chi connectivity index (χ2n) is 13.4. The molecule has 3 N–H and O–H groups in total. The van der Waals surface area contributed by atoms with Crippen molar-refractivity contribution in [2.45, 2.75) is 75.2 Å². The van der Waals surface area contributed by atoms with Crippen LogP contribution >= 0.6 is 0 Å². The van der Waals surface area contributed by atoms with E-state index in [9.17, 15) is 14.7 Å². The molecule has 1 amide bonds. The van der Waals surface area contributed by atoms with Crippen LogP contribution in [0.5, 0.6) is 0 Å². The largest absolute Gasteiger partial charge is 0.467 e. The lowest BCUT2D eigenvalue weighted by Crippen LogP contribution is -2.62. The number of carbonyl (C=O) groups excluding carboxylic acids is 2. The molecule has 8 heteroatoms. The van der Waals surface area contributed by atoms with Gasteiger partial charge in [0.05, 0.1) is 30.4 Å². The molecule has 6 rings (SSSR count). The number of methoxy groups -OCH3 is 1. The van der Waals surface area contributed by atoms with Gasteiger partial charge in [-0.3, -0.25) is 9.69 Å². The Morgan fingerprint density at radius 3 is 1.83 bits per heavy atom. The van der Waals surface area contributed by atoms with Crippen LogP contribution in [-0.4, -0.2) is 58.9 Å². The average Bonchev–Trinajstić information content (AvgIpc) is 3.53. The fourth-order valence-electron chi connectivity index (χ4n) is 7.50. The Kier molecular flexibility index (Phi) is 8.70. The Hall–Kier alpha value is -4.50. The van der Waals surface area contributed by atoms with Crippen LogP contribution in [0.4, 0.5) is 5.69 Å². The highest BCUT2D eigenvalue weighted by atomic mass is 16.5. The number of hydrogen-bond acceptors (Lipinski definition) is 7. The zero-order valence-electron chi connectivity index (χ0n) is 27.5. The van der Waals surface area contributed by atoms with Crippen LogP contribution < -0.4 is 10.6 Å². The molecule has 2 aliphatic heterocycles. The molecule has 2 aliphatic rings. The smallest absolute Gasteiger partial charge is 0.331 e. The van der Waals surface area contributed by atoms with Crippen molar-refractivity contribution in [3.05, 3.63) is 138 Å². The van der Waals surface area contributed by atoms with Gasteiger partial charge in [-0.05, 0) is 50.5 Å². The van der Waals surface area contributed by atoms with Crippen molar-refractivity contribution in [3.63, 3.8) is 0 Å².